The Morgan fingerprint density at radius 1 is 1.38 bits per heavy atom. The lowest BCUT2D eigenvalue weighted by Crippen LogP contribution is -2.16. The van der Waals surface area contributed by atoms with E-state index >= 15 is 0 Å². The predicted molar refractivity (Wildman–Crippen MR) is 76.7 cm³/mol. The Morgan fingerprint density at radius 3 is 2.76 bits per heavy atom. The third-order valence-corrected chi connectivity index (χ3v) is 4.79. The molecule has 2 aromatic rings. The van der Waals surface area contributed by atoms with Crippen LogP contribution in [0.2, 0.25) is 0 Å². The molecule has 21 heavy (non-hydrogen) atoms. The van der Waals surface area contributed by atoms with Crippen molar-refractivity contribution < 1.29 is 12.8 Å². The topological polar surface area (TPSA) is 104 Å². The number of halogens is 1. The number of nitrogens with two attached hydrogens (primary N) is 1. The van der Waals surface area contributed by atoms with Gasteiger partial charge in [0.05, 0.1) is 17.9 Å². The van der Waals surface area contributed by atoms with Crippen molar-refractivity contribution in [3.8, 4) is 11.4 Å². The fourth-order valence-corrected chi connectivity index (χ4v) is 2.62. The summed E-state index contributed by atoms with van der Waals surface area (Å²) in [6.45, 7) is 3.22. The molecule has 0 saturated heterocycles. The van der Waals surface area contributed by atoms with Gasteiger partial charge in [-0.1, -0.05) is 6.92 Å². The molecule has 0 atom stereocenters. The Kier molecular flexibility index (Phi) is 4.21. The highest BCUT2D eigenvalue weighted by Gasteiger charge is 2.17. The first-order valence-electron chi connectivity index (χ1n) is 6.36. The number of nitrogen functional groups attached to an aromatic ring is 1. The van der Waals surface area contributed by atoms with Crippen LogP contribution >= 0.6 is 0 Å². The molecule has 0 aliphatic carbocycles. The summed E-state index contributed by atoms with van der Waals surface area (Å²) in [5.74, 6) is -0.381. The molecule has 1 heterocycles. The molecule has 0 spiro atoms. The smallest absolute Gasteiger partial charge is 0.185 e. The maximum Gasteiger partial charge on any atom is 0.185 e. The average Bonchev–Trinajstić information content (AvgIpc) is 2.89. The lowest BCUT2D eigenvalue weighted by molar-refractivity contribution is 0.576. The van der Waals surface area contributed by atoms with Gasteiger partial charge in [0, 0.05) is 11.4 Å². The van der Waals surface area contributed by atoms with Crippen molar-refractivity contribution in [1.82, 2.24) is 20.2 Å². The number of aromatic nitrogens is 4. The van der Waals surface area contributed by atoms with E-state index in [1.54, 1.807) is 13.8 Å². The number of tetrazole rings is 1. The molecule has 9 heteroatoms. The number of hydrogen-bond acceptors (Lipinski definition) is 6. The first kappa shape index (κ1) is 15.4. The summed E-state index contributed by atoms with van der Waals surface area (Å²) in [6, 6.07) is 2.94. The molecule has 0 amide bonds. The minimum Gasteiger partial charge on any atom is -0.399 e. The van der Waals surface area contributed by atoms with Crippen molar-refractivity contribution >= 4 is 15.5 Å². The minimum absolute atomic E-state index is 0.0379. The third-order valence-electron chi connectivity index (χ3n) is 3.10. The highest BCUT2D eigenvalue weighted by Crippen LogP contribution is 2.25. The second-order valence-corrected chi connectivity index (χ2v) is 7.13. The first-order valence-corrected chi connectivity index (χ1v) is 8.18. The van der Waals surface area contributed by atoms with E-state index in [2.05, 4.69) is 15.5 Å². The molecule has 1 aromatic heterocycles. The van der Waals surface area contributed by atoms with Gasteiger partial charge in [-0.2, -0.15) is 0 Å². The molecule has 2 rings (SSSR count). The fourth-order valence-electron chi connectivity index (χ4n) is 1.88. The molecule has 0 fully saturated rings. The first-order chi connectivity index (χ1) is 9.84. The van der Waals surface area contributed by atoms with Gasteiger partial charge in [-0.05, 0) is 35.0 Å². The van der Waals surface area contributed by atoms with E-state index < -0.39 is 15.7 Å². The Bertz CT molecular complexity index is 757. The van der Waals surface area contributed by atoms with Crippen molar-refractivity contribution in [2.75, 3.05) is 17.2 Å². The standard InChI is InChI=1S/C12H16FN5O2S/c1-3-21(19,20)5-4-18-12(15-16-17-18)10-7-9(14)6-8(2)11(10)13/h6-7H,3-5,14H2,1-2H3. The molecule has 114 valence electrons. The number of aryl methyl sites for hydroxylation is 2. The van der Waals surface area contributed by atoms with Gasteiger partial charge in [-0.25, -0.2) is 17.5 Å². The van der Waals surface area contributed by atoms with Gasteiger partial charge in [0.15, 0.2) is 15.7 Å². The SMILES string of the molecule is CCS(=O)(=O)CCn1nnnc1-c1cc(N)cc(C)c1F. The van der Waals surface area contributed by atoms with Gasteiger partial charge in [-0.15, -0.1) is 5.10 Å². The molecule has 0 aliphatic heterocycles. The summed E-state index contributed by atoms with van der Waals surface area (Å²) in [5, 5.41) is 11.0. The van der Waals surface area contributed by atoms with Crippen LogP contribution in [0.15, 0.2) is 12.1 Å². The van der Waals surface area contributed by atoms with Gasteiger partial charge in [0.2, 0.25) is 0 Å². The van der Waals surface area contributed by atoms with Crippen molar-refractivity contribution in [3.63, 3.8) is 0 Å². The maximum absolute atomic E-state index is 14.2. The van der Waals surface area contributed by atoms with Gasteiger partial charge < -0.3 is 5.73 Å². The monoisotopic (exact) mass is 313 g/mol. The molecule has 2 N–H and O–H groups in total. The molecular formula is C12H16FN5O2S. The second-order valence-electron chi connectivity index (χ2n) is 4.66. The largest absolute Gasteiger partial charge is 0.399 e. The predicted octanol–water partition coefficient (Wildman–Crippen LogP) is 0.805. The zero-order valence-corrected chi connectivity index (χ0v) is 12.6. The molecule has 0 radical (unpaired) electrons. The van der Waals surface area contributed by atoms with Crippen LogP contribution in [0, 0.1) is 12.7 Å². The van der Waals surface area contributed by atoms with Crippen LogP contribution in [-0.2, 0) is 16.4 Å². The van der Waals surface area contributed by atoms with Crippen molar-refractivity contribution in [2.24, 2.45) is 0 Å². The van der Waals surface area contributed by atoms with Gasteiger partial charge in [0.1, 0.15) is 5.82 Å². The molecule has 0 unspecified atom stereocenters. The van der Waals surface area contributed by atoms with Gasteiger partial charge >= 0.3 is 0 Å². The molecular weight excluding hydrogens is 297 g/mol. The van der Waals surface area contributed by atoms with Crippen molar-refractivity contribution in [3.05, 3.63) is 23.5 Å². The fraction of sp³-hybridized carbons (Fsp3) is 0.417. The number of hydrogen-bond donors (Lipinski definition) is 1. The van der Waals surface area contributed by atoms with E-state index in [1.165, 1.54) is 16.8 Å². The number of nitrogens with zero attached hydrogens (tertiary/aromatic N) is 4. The van der Waals surface area contributed by atoms with E-state index in [-0.39, 0.29) is 29.4 Å². The summed E-state index contributed by atoms with van der Waals surface area (Å²) in [5.41, 5.74) is 6.63. The van der Waals surface area contributed by atoms with Crippen LogP contribution in [-0.4, -0.2) is 40.1 Å². The quantitative estimate of drug-likeness (QED) is 0.819. The lowest BCUT2D eigenvalue weighted by Gasteiger charge is -2.08. The van der Waals surface area contributed by atoms with Crippen LogP contribution < -0.4 is 5.73 Å². The van der Waals surface area contributed by atoms with Crippen LogP contribution in [0.25, 0.3) is 11.4 Å². The third kappa shape index (κ3) is 3.35. The Labute approximate surface area is 121 Å². The van der Waals surface area contributed by atoms with Crippen LogP contribution in [0.1, 0.15) is 12.5 Å². The summed E-state index contributed by atoms with van der Waals surface area (Å²) >= 11 is 0. The van der Waals surface area contributed by atoms with Crippen LogP contribution in [0.4, 0.5) is 10.1 Å². The molecule has 0 saturated carbocycles. The molecule has 7 nitrogen and oxygen atoms in total. The Morgan fingerprint density at radius 2 is 2.10 bits per heavy atom. The van der Waals surface area contributed by atoms with E-state index in [4.69, 9.17) is 5.73 Å². The van der Waals surface area contributed by atoms with E-state index in [0.717, 1.165) is 0 Å². The normalized spacial score (nSPS) is 11.8. The molecule has 1 aromatic carbocycles. The van der Waals surface area contributed by atoms with Crippen LogP contribution in [0.5, 0.6) is 0 Å². The van der Waals surface area contributed by atoms with E-state index in [9.17, 15) is 12.8 Å². The highest BCUT2D eigenvalue weighted by molar-refractivity contribution is 7.91. The Hall–Kier alpha value is -2.03. The average molecular weight is 313 g/mol. The zero-order chi connectivity index (χ0) is 15.6. The number of rotatable bonds is 5. The molecule has 0 bridgehead atoms. The summed E-state index contributed by atoms with van der Waals surface area (Å²) in [6.07, 6.45) is 0. The summed E-state index contributed by atoms with van der Waals surface area (Å²) < 4.78 is 38.5. The van der Waals surface area contributed by atoms with Gasteiger partial charge in [-0.3, -0.25) is 0 Å². The lowest BCUT2D eigenvalue weighted by atomic mass is 10.1. The molecule has 0 aliphatic rings. The second kappa shape index (κ2) is 5.76. The van der Waals surface area contributed by atoms with Crippen molar-refractivity contribution in [2.45, 2.75) is 20.4 Å². The van der Waals surface area contributed by atoms with Crippen molar-refractivity contribution in [1.29, 1.82) is 0 Å². The van der Waals surface area contributed by atoms with Crippen LogP contribution in [0.3, 0.4) is 0 Å². The highest BCUT2D eigenvalue weighted by atomic mass is 32.2. The summed E-state index contributed by atoms with van der Waals surface area (Å²) in [7, 11) is -3.16. The number of benzene rings is 1. The van der Waals surface area contributed by atoms with Gasteiger partial charge in [0.25, 0.3) is 0 Å². The minimum atomic E-state index is -3.16. The maximum atomic E-state index is 14.2. The van der Waals surface area contributed by atoms with E-state index in [0.29, 0.717) is 11.3 Å². The number of anilines is 1. The Balaban J connectivity index is 2.37. The zero-order valence-electron chi connectivity index (χ0n) is 11.7. The summed E-state index contributed by atoms with van der Waals surface area (Å²) in [4.78, 5) is 0. The number of sulfone groups is 1. The van der Waals surface area contributed by atoms with E-state index in [1.807, 2.05) is 0 Å².